The Kier molecular flexibility index (Phi) is 6.63. The number of hydrogen-bond donors (Lipinski definition) is 1. The molecular formula is C24H30ClFN4O. The molecule has 0 amide bonds. The molecule has 166 valence electrons. The van der Waals surface area contributed by atoms with Crippen LogP contribution in [0.4, 0.5) is 4.39 Å². The van der Waals surface area contributed by atoms with Crippen molar-refractivity contribution in [3.05, 3.63) is 64.6 Å². The molecule has 3 aromatic rings. The molecule has 0 saturated carbocycles. The third kappa shape index (κ3) is 4.93. The van der Waals surface area contributed by atoms with Crippen molar-refractivity contribution in [2.45, 2.75) is 24.4 Å². The van der Waals surface area contributed by atoms with Crippen LogP contribution >= 0.6 is 11.6 Å². The van der Waals surface area contributed by atoms with Crippen molar-refractivity contribution in [1.82, 2.24) is 20.0 Å². The minimum absolute atomic E-state index is 0.142. The second kappa shape index (κ2) is 9.25. The summed E-state index contributed by atoms with van der Waals surface area (Å²) in [5, 5.41) is 8.95. The quantitative estimate of drug-likeness (QED) is 0.576. The predicted molar refractivity (Wildman–Crippen MR) is 123 cm³/mol. The molecule has 1 N–H and O–H groups in total. The molecule has 2 heterocycles. The summed E-state index contributed by atoms with van der Waals surface area (Å²) < 4.78 is 20.3. The van der Waals surface area contributed by atoms with Crippen molar-refractivity contribution < 1.29 is 9.13 Å². The lowest BCUT2D eigenvalue weighted by Gasteiger charge is -2.42. The van der Waals surface area contributed by atoms with Gasteiger partial charge in [-0.3, -0.25) is 5.10 Å². The topological polar surface area (TPSA) is 44.4 Å². The molecule has 0 aliphatic carbocycles. The van der Waals surface area contributed by atoms with Gasteiger partial charge in [-0.15, -0.1) is 0 Å². The third-order valence-electron chi connectivity index (χ3n) is 6.38. The monoisotopic (exact) mass is 444 g/mol. The van der Waals surface area contributed by atoms with Crippen molar-refractivity contribution >= 4 is 22.5 Å². The fourth-order valence-corrected chi connectivity index (χ4v) is 4.74. The highest BCUT2D eigenvalue weighted by molar-refractivity contribution is 6.31. The van der Waals surface area contributed by atoms with Gasteiger partial charge in [0.2, 0.25) is 0 Å². The number of rotatable bonds is 7. The molecule has 31 heavy (non-hydrogen) atoms. The number of fused-ring (bicyclic) bond motifs is 1. The highest BCUT2D eigenvalue weighted by Crippen LogP contribution is 2.38. The number of benzene rings is 2. The maximum atomic E-state index is 13.6. The van der Waals surface area contributed by atoms with Gasteiger partial charge in [0.05, 0.1) is 24.4 Å². The van der Waals surface area contributed by atoms with Gasteiger partial charge in [-0.1, -0.05) is 23.7 Å². The number of nitrogens with zero attached hydrogens (tertiary/aromatic N) is 3. The first-order chi connectivity index (χ1) is 14.9. The predicted octanol–water partition coefficient (Wildman–Crippen LogP) is 4.64. The van der Waals surface area contributed by atoms with E-state index < -0.39 is 0 Å². The SMILES string of the molecule is CN(C)CC(OCC1(c2ccc(F)cc2)CCN(C)CC1)c1cc(Cl)cc2cn[nH]c12. The maximum absolute atomic E-state index is 13.6. The van der Waals surface area contributed by atoms with Gasteiger partial charge in [-0.2, -0.15) is 5.10 Å². The summed E-state index contributed by atoms with van der Waals surface area (Å²) in [7, 11) is 6.22. The van der Waals surface area contributed by atoms with E-state index in [0.29, 0.717) is 18.2 Å². The van der Waals surface area contributed by atoms with Crippen molar-refractivity contribution in [2.24, 2.45) is 0 Å². The van der Waals surface area contributed by atoms with E-state index in [2.05, 4.69) is 27.0 Å². The summed E-state index contributed by atoms with van der Waals surface area (Å²) in [4.78, 5) is 4.46. The van der Waals surface area contributed by atoms with E-state index in [0.717, 1.165) is 48.0 Å². The number of aromatic nitrogens is 2. The number of ether oxygens (including phenoxy) is 1. The van der Waals surface area contributed by atoms with Crippen LogP contribution in [-0.4, -0.2) is 67.4 Å². The van der Waals surface area contributed by atoms with Gasteiger partial charge in [-0.25, -0.2) is 4.39 Å². The zero-order chi connectivity index (χ0) is 22.0. The van der Waals surface area contributed by atoms with Crippen molar-refractivity contribution in [2.75, 3.05) is 47.4 Å². The molecule has 2 aromatic carbocycles. The highest BCUT2D eigenvalue weighted by atomic mass is 35.5. The molecule has 0 bridgehead atoms. The molecule has 0 radical (unpaired) electrons. The average molecular weight is 445 g/mol. The van der Waals surface area contributed by atoms with E-state index in [9.17, 15) is 4.39 Å². The Morgan fingerprint density at radius 1 is 1.23 bits per heavy atom. The van der Waals surface area contributed by atoms with Crippen LogP contribution in [0.3, 0.4) is 0 Å². The molecule has 1 unspecified atom stereocenters. The van der Waals surface area contributed by atoms with Crippen LogP contribution in [0.2, 0.25) is 5.02 Å². The van der Waals surface area contributed by atoms with Gasteiger partial charge in [0.25, 0.3) is 0 Å². The molecule has 1 saturated heterocycles. The standard InChI is InChI=1S/C24H30ClFN4O/c1-29(2)15-22(21-13-19(25)12-17-14-27-28-23(17)21)31-16-24(8-10-30(3)11-9-24)18-4-6-20(26)7-5-18/h4-7,12-14,22H,8-11,15-16H2,1-3H3,(H,27,28). The lowest BCUT2D eigenvalue weighted by Crippen LogP contribution is -2.44. The molecule has 0 spiro atoms. The van der Waals surface area contributed by atoms with E-state index in [4.69, 9.17) is 16.3 Å². The summed E-state index contributed by atoms with van der Waals surface area (Å²) >= 11 is 6.41. The number of nitrogens with one attached hydrogen (secondary N) is 1. The molecule has 1 atom stereocenters. The zero-order valence-corrected chi connectivity index (χ0v) is 19.1. The number of piperidine rings is 1. The zero-order valence-electron chi connectivity index (χ0n) is 18.4. The van der Waals surface area contributed by atoms with Gasteiger partial charge in [0.15, 0.2) is 0 Å². The van der Waals surface area contributed by atoms with Crippen LogP contribution in [0.1, 0.15) is 30.1 Å². The van der Waals surface area contributed by atoms with E-state index in [-0.39, 0.29) is 17.3 Å². The van der Waals surface area contributed by atoms with Crippen molar-refractivity contribution in [1.29, 1.82) is 0 Å². The second-order valence-electron chi connectivity index (χ2n) is 8.98. The number of H-pyrrole nitrogens is 1. The molecule has 1 aliphatic heterocycles. The molecule has 1 fully saturated rings. The lowest BCUT2D eigenvalue weighted by molar-refractivity contribution is -0.0119. The van der Waals surface area contributed by atoms with Gasteiger partial charge in [-0.05, 0) is 76.9 Å². The minimum atomic E-state index is -0.209. The number of hydrogen-bond acceptors (Lipinski definition) is 4. The Balaban J connectivity index is 1.65. The summed E-state index contributed by atoms with van der Waals surface area (Å²) in [6.45, 7) is 3.25. The maximum Gasteiger partial charge on any atom is 0.123 e. The Morgan fingerprint density at radius 3 is 2.61 bits per heavy atom. The van der Waals surface area contributed by atoms with Gasteiger partial charge in [0, 0.05) is 27.9 Å². The van der Waals surface area contributed by atoms with Crippen LogP contribution in [-0.2, 0) is 10.2 Å². The lowest BCUT2D eigenvalue weighted by atomic mass is 9.73. The molecule has 1 aliphatic rings. The molecule has 4 rings (SSSR count). The molecule has 1 aromatic heterocycles. The van der Waals surface area contributed by atoms with Crippen LogP contribution in [0.25, 0.3) is 10.9 Å². The average Bonchev–Trinajstić information content (AvgIpc) is 3.21. The Bertz CT molecular complexity index is 1010. The summed E-state index contributed by atoms with van der Waals surface area (Å²) in [5.41, 5.74) is 2.96. The summed E-state index contributed by atoms with van der Waals surface area (Å²) in [5.74, 6) is -0.209. The van der Waals surface area contributed by atoms with E-state index in [1.54, 1.807) is 18.3 Å². The van der Waals surface area contributed by atoms with Crippen molar-refractivity contribution in [3.8, 4) is 0 Å². The first-order valence-electron chi connectivity index (χ1n) is 10.7. The fourth-order valence-electron chi connectivity index (χ4n) is 4.50. The first kappa shape index (κ1) is 22.2. The molecule has 7 heteroatoms. The number of halogens is 2. The summed E-state index contributed by atoms with van der Waals surface area (Å²) in [6, 6.07) is 10.8. The Morgan fingerprint density at radius 2 is 1.94 bits per heavy atom. The normalized spacial score (nSPS) is 18.0. The van der Waals surface area contributed by atoms with E-state index in [1.807, 2.05) is 38.4 Å². The molecule has 5 nitrogen and oxygen atoms in total. The summed E-state index contributed by atoms with van der Waals surface area (Å²) in [6.07, 6.45) is 3.56. The highest BCUT2D eigenvalue weighted by Gasteiger charge is 2.37. The van der Waals surface area contributed by atoms with E-state index >= 15 is 0 Å². The van der Waals surface area contributed by atoms with Gasteiger partial charge < -0.3 is 14.5 Å². The number of likely N-dealkylation sites (tertiary alicyclic amines) is 1. The largest absolute Gasteiger partial charge is 0.371 e. The van der Waals surface area contributed by atoms with Crippen LogP contribution < -0.4 is 0 Å². The molecular weight excluding hydrogens is 415 g/mol. The Labute approximate surface area is 188 Å². The third-order valence-corrected chi connectivity index (χ3v) is 6.60. The van der Waals surface area contributed by atoms with E-state index in [1.165, 1.54) is 0 Å². The van der Waals surface area contributed by atoms with Gasteiger partial charge >= 0.3 is 0 Å². The van der Waals surface area contributed by atoms with Gasteiger partial charge in [0.1, 0.15) is 5.82 Å². The number of aromatic amines is 1. The van der Waals surface area contributed by atoms with Crippen LogP contribution in [0.15, 0.2) is 42.6 Å². The number of likely N-dealkylation sites (N-methyl/N-ethyl adjacent to an activating group) is 1. The smallest absolute Gasteiger partial charge is 0.123 e. The van der Waals surface area contributed by atoms with Crippen molar-refractivity contribution in [3.63, 3.8) is 0 Å². The first-order valence-corrected chi connectivity index (χ1v) is 11.1. The Hall–Kier alpha value is -1.99. The van der Waals surface area contributed by atoms with Crippen LogP contribution in [0, 0.1) is 5.82 Å². The second-order valence-corrected chi connectivity index (χ2v) is 9.42. The van der Waals surface area contributed by atoms with Crippen LogP contribution in [0.5, 0.6) is 0 Å². The minimum Gasteiger partial charge on any atom is -0.371 e. The fraction of sp³-hybridized carbons (Fsp3) is 0.458.